The molecule has 2 aromatic rings. The molecule has 40 heavy (non-hydrogen) atoms. The highest BCUT2D eigenvalue weighted by molar-refractivity contribution is 5.94. The quantitative estimate of drug-likeness (QED) is 0.144. The van der Waals surface area contributed by atoms with Gasteiger partial charge in [0.15, 0.2) is 0 Å². The number of benzene rings is 1. The smallest absolute Gasteiger partial charge is 0.326 e. The van der Waals surface area contributed by atoms with Crippen LogP contribution in [-0.4, -0.2) is 64.5 Å². The van der Waals surface area contributed by atoms with Crippen LogP contribution in [0.5, 0.6) is 0 Å². The molecule has 4 atom stereocenters. The zero-order valence-corrected chi connectivity index (χ0v) is 24.0. The monoisotopic (exact) mass is 558 g/mol. The first-order valence-corrected chi connectivity index (χ1v) is 14.1. The maximum absolute atomic E-state index is 13.5. The third-order valence-corrected chi connectivity index (χ3v) is 6.70. The number of para-hydroxylation sites is 1. The third-order valence-electron chi connectivity index (χ3n) is 6.70. The molecule has 0 fully saturated rings. The van der Waals surface area contributed by atoms with E-state index in [-0.39, 0.29) is 24.7 Å². The van der Waals surface area contributed by atoms with Crippen molar-refractivity contribution in [3.05, 3.63) is 36.0 Å². The summed E-state index contributed by atoms with van der Waals surface area (Å²) in [4.78, 5) is 54.8. The van der Waals surface area contributed by atoms with Crippen molar-refractivity contribution in [1.29, 1.82) is 0 Å². The van der Waals surface area contributed by atoms with E-state index in [1.807, 2.05) is 52.0 Å². The van der Waals surface area contributed by atoms with Gasteiger partial charge in [-0.05, 0) is 62.1 Å². The number of nitrogens with one attached hydrogen (secondary N) is 4. The summed E-state index contributed by atoms with van der Waals surface area (Å²) in [6.45, 7) is 8.08. The van der Waals surface area contributed by atoms with Gasteiger partial charge in [0.2, 0.25) is 17.7 Å². The number of hydrogen-bond acceptors (Lipinski definition) is 6. The van der Waals surface area contributed by atoms with Gasteiger partial charge in [-0.1, -0.05) is 45.9 Å². The van der Waals surface area contributed by atoms with E-state index in [1.165, 1.54) is 0 Å². The molecule has 0 bridgehead atoms. The van der Waals surface area contributed by atoms with E-state index >= 15 is 0 Å². The Morgan fingerprint density at radius 3 is 2.08 bits per heavy atom. The minimum atomic E-state index is -1.15. The van der Waals surface area contributed by atoms with Crippen molar-refractivity contribution < 1.29 is 24.3 Å². The lowest BCUT2D eigenvalue weighted by molar-refractivity contribution is -0.142. The highest BCUT2D eigenvalue weighted by Gasteiger charge is 2.31. The summed E-state index contributed by atoms with van der Waals surface area (Å²) >= 11 is 0. The Morgan fingerprint density at radius 1 is 0.850 bits per heavy atom. The van der Waals surface area contributed by atoms with Crippen LogP contribution in [0.15, 0.2) is 30.5 Å². The molecule has 9 N–H and O–H groups in total. The van der Waals surface area contributed by atoms with Crippen LogP contribution >= 0.6 is 0 Å². The lowest BCUT2D eigenvalue weighted by Crippen LogP contribution is -2.57. The first-order valence-electron chi connectivity index (χ1n) is 14.1. The number of amides is 3. The van der Waals surface area contributed by atoms with E-state index in [4.69, 9.17) is 11.5 Å². The number of rotatable bonds is 17. The van der Waals surface area contributed by atoms with Gasteiger partial charge in [-0.15, -0.1) is 0 Å². The fraction of sp³-hybridized carbons (Fsp3) is 0.586. The van der Waals surface area contributed by atoms with Crippen molar-refractivity contribution in [3.63, 3.8) is 0 Å². The van der Waals surface area contributed by atoms with Gasteiger partial charge in [-0.3, -0.25) is 14.4 Å². The molecule has 222 valence electrons. The fourth-order valence-electron chi connectivity index (χ4n) is 4.62. The molecule has 0 aliphatic heterocycles. The summed E-state index contributed by atoms with van der Waals surface area (Å²) in [5, 5.41) is 18.7. The maximum atomic E-state index is 13.5. The number of carbonyl (C=O) groups is 4. The second kappa shape index (κ2) is 16.0. The molecular weight excluding hydrogens is 512 g/mol. The molecule has 0 aliphatic rings. The molecular formula is C29H46N6O5. The number of unbranched alkanes of at least 4 members (excludes halogenated alkanes) is 1. The highest BCUT2D eigenvalue weighted by atomic mass is 16.4. The van der Waals surface area contributed by atoms with Gasteiger partial charge in [0.1, 0.15) is 18.1 Å². The second-order valence-electron chi connectivity index (χ2n) is 11.2. The normalized spacial score (nSPS) is 14.5. The molecule has 0 radical (unpaired) electrons. The molecule has 0 spiro atoms. The molecule has 1 aromatic carbocycles. The third kappa shape index (κ3) is 10.3. The Morgan fingerprint density at radius 2 is 1.45 bits per heavy atom. The van der Waals surface area contributed by atoms with Gasteiger partial charge in [-0.25, -0.2) is 4.79 Å². The first-order chi connectivity index (χ1) is 18.9. The van der Waals surface area contributed by atoms with Crippen LogP contribution < -0.4 is 27.4 Å². The summed E-state index contributed by atoms with van der Waals surface area (Å²) in [6, 6.07) is 3.67. The molecule has 1 heterocycles. The number of H-pyrrole nitrogens is 1. The second-order valence-corrected chi connectivity index (χ2v) is 11.2. The van der Waals surface area contributed by atoms with E-state index in [0.29, 0.717) is 32.2 Å². The number of aromatic amines is 1. The molecule has 0 aliphatic carbocycles. The predicted molar refractivity (Wildman–Crippen MR) is 155 cm³/mol. The largest absolute Gasteiger partial charge is 0.480 e. The molecule has 0 saturated carbocycles. The number of carboxylic acids is 1. The molecule has 1 aromatic heterocycles. The zero-order chi connectivity index (χ0) is 29.8. The van der Waals surface area contributed by atoms with Crippen LogP contribution in [0.2, 0.25) is 0 Å². The first kappa shape index (κ1) is 32.8. The van der Waals surface area contributed by atoms with Crippen molar-refractivity contribution in [2.75, 3.05) is 6.54 Å². The minimum Gasteiger partial charge on any atom is -0.480 e. The van der Waals surface area contributed by atoms with Crippen LogP contribution in [0.1, 0.15) is 65.4 Å². The summed E-state index contributed by atoms with van der Waals surface area (Å²) in [6.07, 6.45) is 4.14. The topological polar surface area (TPSA) is 192 Å². The number of carbonyl (C=O) groups excluding carboxylic acids is 3. The number of fused-ring (bicyclic) bond motifs is 1. The van der Waals surface area contributed by atoms with E-state index in [2.05, 4.69) is 20.9 Å². The van der Waals surface area contributed by atoms with Crippen LogP contribution in [0.3, 0.4) is 0 Å². The van der Waals surface area contributed by atoms with Crippen molar-refractivity contribution in [1.82, 2.24) is 20.9 Å². The average Bonchev–Trinajstić information content (AvgIpc) is 3.29. The number of aromatic nitrogens is 1. The zero-order valence-electron chi connectivity index (χ0n) is 24.0. The van der Waals surface area contributed by atoms with E-state index in [9.17, 15) is 24.3 Å². The van der Waals surface area contributed by atoms with Gasteiger partial charge in [0, 0.05) is 23.5 Å². The van der Waals surface area contributed by atoms with Gasteiger partial charge in [0.25, 0.3) is 0 Å². The summed E-state index contributed by atoms with van der Waals surface area (Å²) in [5.74, 6) is -2.52. The van der Waals surface area contributed by atoms with Gasteiger partial charge >= 0.3 is 5.97 Å². The standard InChI is InChI=1S/C29H46N6O5/c1-17(2)13-21(31)26(36)33-23(11-7-8-12-30)27(37)34-24(28(38)35-25(29(39)40)14-18(3)4)15-19-16-32-22-10-6-5-9-20(19)22/h5-6,9-10,16-18,21,23-25,32H,7-8,11-15,30-31H2,1-4H3,(H,33,36)(H,34,37)(H,35,38)(H,39,40). The number of hydrogen-bond donors (Lipinski definition) is 7. The summed E-state index contributed by atoms with van der Waals surface area (Å²) in [5.41, 5.74) is 13.3. The maximum Gasteiger partial charge on any atom is 0.326 e. The van der Waals surface area contributed by atoms with Crippen molar-refractivity contribution in [2.24, 2.45) is 23.3 Å². The van der Waals surface area contributed by atoms with E-state index in [1.54, 1.807) is 6.20 Å². The summed E-state index contributed by atoms with van der Waals surface area (Å²) in [7, 11) is 0. The van der Waals surface area contributed by atoms with Gasteiger partial charge < -0.3 is 37.5 Å². The number of aliphatic carboxylic acids is 1. The molecule has 11 nitrogen and oxygen atoms in total. The number of carboxylic acid groups (broad SMARTS) is 1. The van der Waals surface area contributed by atoms with Crippen LogP contribution in [-0.2, 0) is 25.6 Å². The van der Waals surface area contributed by atoms with Crippen molar-refractivity contribution in [2.45, 2.75) is 90.4 Å². The molecule has 2 rings (SSSR count). The van der Waals surface area contributed by atoms with Crippen LogP contribution in [0.4, 0.5) is 0 Å². The molecule has 4 unspecified atom stereocenters. The van der Waals surface area contributed by atoms with Gasteiger partial charge in [-0.2, -0.15) is 0 Å². The molecule has 11 heteroatoms. The van der Waals surface area contributed by atoms with E-state index in [0.717, 1.165) is 16.5 Å². The van der Waals surface area contributed by atoms with Crippen LogP contribution in [0.25, 0.3) is 10.9 Å². The molecule has 3 amide bonds. The predicted octanol–water partition coefficient (Wildman–Crippen LogP) is 1.80. The Kier molecular flexibility index (Phi) is 13.1. The SMILES string of the molecule is CC(C)CC(N)C(=O)NC(CCCCN)C(=O)NC(Cc1c[nH]c2ccccc12)C(=O)NC(CC(C)C)C(=O)O. The van der Waals surface area contributed by atoms with Gasteiger partial charge in [0.05, 0.1) is 6.04 Å². The number of nitrogens with two attached hydrogens (primary N) is 2. The fourth-order valence-corrected chi connectivity index (χ4v) is 4.62. The Bertz CT molecular complexity index is 1130. The van der Waals surface area contributed by atoms with Crippen LogP contribution in [0, 0.1) is 11.8 Å². The lowest BCUT2D eigenvalue weighted by atomic mass is 10.0. The summed E-state index contributed by atoms with van der Waals surface area (Å²) < 4.78 is 0. The highest BCUT2D eigenvalue weighted by Crippen LogP contribution is 2.20. The van der Waals surface area contributed by atoms with E-state index < -0.39 is 47.9 Å². The Balaban J connectivity index is 2.31. The lowest BCUT2D eigenvalue weighted by Gasteiger charge is -2.26. The van der Waals surface area contributed by atoms with Crippen molar-refractivity contribution >= 4 is 34.6 Å². The average molecular weight is 559 g/mol. The Hall–Kier alpha value is -3.44. The van der Waals surface area contributed by atoms with Crippen molar-refractivity contribution in [3.8, 4) is 0 Å². The minimum absolute atomic E-state index is 0.0280. The Labute approximate surface area is 236 Å². The molecule has 0 saturated heterocycles.